The number of guanidine groups is 1. The van der Waals surface area contributed by atoms with Crippen LogP contribution in [0.1, 0.15) is 50.7 Å². The minimum absolute atomic E-state index is 0.672. The van der Waals surface area contributed by atoms with Gasteiger partial charge in [-0.25, -0.2) is 0 Å². The Morgan fingerprint density at radius 1 is 1.10 bits per heavy atom. The van der Waals surface area contributed by atoms with Gasteiger partial charge < -0.3 is 19.9 Å². The van der Waals surface area contributed by atoms with E-state index in [2.05, 4.69) is 37.3 Å². The van der Waals surface area contributed by atoms with Gasteiger partial charge in [0, 0.05) is 45.4 Å². The van der Waals surface area contributed by atoms with Crippen molar-refractivity contribution in [1.82, 2.24) is 25.4 Å². The summed E-state index contributed by atoms with van der Waals surface area (Å²) in [5, 5.41) is 15.5. The molecule has 2 aromatic rings. The molecule has 29 heavy (non-hydrogen) atoms. The van der Waals surface area contributed by atoms with Crippen molar-refractivity contribution in [2.45, 2.75) is 58.4 Å². The Morgan fingerprint density at radius 3 is 2.86 bits per heavy atom. The standard InChI is InChI=1S/C22H34N6O/c1-2-23-22(25-16-10-18-29-19-11-5-3-6-12-19)24-15-9-14-21-27-26-20-13-7-4-8-17-28(20)21/h3,5-6,11-12H,2,4,7-10,13-18H2,1H3,(H2,23,24,25). The van der Waals surface area contributed by atoms with Gasteiger partial charge in [-0.2, -0.15) is 0 Å². The maximum absolute atomic E-state index is 5.72. The van der Waals surface area contributed by atoms with Crippen LogP contribution in [0.4, 0.5) is 0 Å². The molecule has 0 spiro atoms. The molecule has 158 valence electrons. The number of ether oxygens (including phenoxy) is 1. The molecule has 3 rings (SSSR count). The van der Waals surface area contributed by atoms with Gasteiger partial charge in [-0.1, -0.05) is 24.6 Å². The number of fused-ring (bicyclic) bond motifs is 1. The molecular weight excluding hydrogens is 364 g/mol. The summed E-state index contributed by atoms with van der Waals surface area (Å²) in [6.07, 6.45) is 7.68. The van der Waals surface area contributed by atoms with Crippen LogP contribution in [0.5, 0.6) is 5.75 Å². The number of aryl methyl sites for hydroxylation is 2. The van der Waals surface area contributed by atoms with E-state index in [-0.39, 0.29) is 0 Å². The molecule has 7 nitrogen and oxygen atoms in total. The highest BCUT2D eigenvalue weighted by molar-refractivity contribution is 5.79. The van der Waals surface area contributed by atoms with E-state index in [0.29, 0.717) is 6.61 Å². The summed E-state index contributed by atoms with van der Waals surface area (Å²) >= 11 is 0. The first-order valence-corrected chi connectivity index (χ1v) is 11.0. The van der Waals surface area contributed by atoms with Gasteiger partial charge in [-0.15, -0.1) is 10.2 Å². The van der Waals surface area contributed by atoms with E-state index in [0.717, 1.165) is 75.2 Å². The van der Waals surface area contributed by atoms with E-state index in [4.69, 9.17) is 4.74 Å². The molecule has 2 N–H and O–H groups in total. The van der Waals surface area contributed by atoms with Crippen molar-refractivity contribution in [3.05, 3.63) is 42.0 Å². The monoisotopic (exact) mass is 398 g/mol. The normalized spacial score (nSPS) is 14.2. The Morgan fingerprint density at radius 2 is 2.00 bits per heavy atom. The molecule has 0 saturated carbocycles. The zero-order valence-electron chi connectivity index (χ0n) is 17.6. The molecule has 0 saturated heterocycles. The first kappa shape index (κ1) is 21.1. The minimum Gasteiger partial charge on any atom is -0.494 e. The second-order valence-electron chi connectivity index (χ2n) is 7.30. The molecule has 7 heteroatoms. The molecule has 0 fully saturated rings. The van der Waals surface area contributed by atoms with Crippen LogP contribution >= 0.6 is 0 Å². The molecule has 1 aliphatic heterocycles. The predicted octanol–water partition coefficient (Wildman–Crippen LogP) is 2.96. The number of hydrogen-bond acceptors (Lipinski definition) is 4. The van der Waals surface area contributed by atoms with Crippen LogP contribution in [-0.4, -0.2) is 47.0 Å². The highest BCUT2D eigenvalue weighted by atomic mass is 16.5. The number of rotatable bonds is 10. The van der Waals surface area contributed by atoms with Crippen LogP contribution in [0.25, 0.3) is 0 Å². The maximum Gasteiger partial charge on any atom is 0.191 e. The van der Waals surface area contributed by atoms with E-state index in [1.807, 2.05) is 30.3 Å². The van der Waals surface area contributed by atoms with Crippen LogP contribution < -0.4 is 15.4 Å². The molecule has 1 aromatic heterocycles. The van der Waals surface area contributed by atoms with Gasteiger partial charge in [0.25, 0.3) is 0 Å². The molecule has 0 unspecified atom stereocenters. The first-order valence-electron chi connectivity index (χ1n) is 11.0. The van der Waals surface area contributed by atoms with E-state index >= 15 is 0 Å². The third-order valence-corrected chi connectivity index (χ3v) is 4.98. The topological polar surface area (TPSA) is 76.4 Å². The average molecular weight is 399 g/mol. The van der Waals surface area contributed by atoms with Gasteiger partial charge in [-0.3, -0.25) is 4.99 Å². The number of para-hydroxylation sites is 1. The Labute approximate surface area is 174 Å². The summed E-state index contributed by atoms with van der Waals surface area (Å²) in [6.45, 7) is 6.28. The molecule has 1 aromatic carbocycles. The summed E-state index contributed by atoms with van der Waals surface area (Å²) in [7, 11) is 0. The van der Waals surface area contributed by atoms with Gasteiger partial charge >= 0.3 is 0 Å². The Hall–Kier alpha value is -2.57. The molecule has 0 atom stereocenters. The van der Waals surface area contributed by atoms with Gasteiger partial charge in [0.2, 0.25) is 0 Å². The molecule has 0 bridgehead atoms. The van der Waals surface area contributed by atoms with Gasteiger partial charge in [-0.05, 0) is 38.3 Å². The molecule has 1 aliphatic rings. The molecule has 0 amide bonds. The van der Waals surface area contributed by atoms with Crippen LogP contribution in [0.2, 0.25) is 0 Å². The Bertz CT molecular complexity index is 743. The van der Waals surface area contributed by atoms with Gasteiger partial charge in [0.05, 0.1) is 6.61 Å². The third kappa shape index (κ3) is 7.07. The highest BCUT2D eigenvalue weighted by Crippen LogP contribution is 2.15. The summed E-state index contributed by atoms with van der Waals surface area (Å²) < 4.78 is 8.05. The van der Waals surface area contributed by atoms with Crippen molar-refractivity contribution in [2.75, 3.05) is 26.2 Å². The summed E-state index contributed by atoms with van der Waals surface area (Å²) in [5.41, 5.74) is 0. The van der Waals surface area contributed by atoms with Crippen molar-refractivity contribution in [1.29, 1.82) is 0 Å². The van der Waals surface area contributed by atoms with E-state index in [1.54, 1.807) is 0 Å². The zero-order chi connectivity index (χ0) is 20.2. The van der Waals surface area contributed by atoms with E-state index < -0.39 is 0 Å². The average Bonchev–Trinajstić information content (AvgIpc) is 2.97. The second-order valence-corrected chi connectivity index (χ2v) is 7.30. The first-order chi connectivity index (χ1) is 14.4. The number of nitrogens with one attached hydrogen (secondary N) is 2. The summed E-state index contributed by atoms with van der Waals surface area (Å²) in [6, 6.07) is 9.91. The second kappa shape index (κ2) is 12.1. The predicted molar refractivity (Wildman–Crippen MR) is 116 cm³/mol. The molecule has 2 heterocycles. The Kier molecular flexibility index (Phi) is 8.82. The fraction of sp³-hybridized carbons (Fsp3) is 0.591. The van der Waals surface area contributed by atoms with Crippen LogP contribution in [0.15, 0.2) is 35.3 Å². The summed E-state index contributed by atoms with van der Waals surface area (Å²) in [5.74, 6) is 4.07. The lowest BCUT2D eigenvalue weighted by atomic mass is 10.2. The number of hydrogen-bond donors (Lipinski definition) is 2. The number of aromatic nitrogens is 3. The third-order valence-electron chi connectivity index (χ3n) is 4.98. The van der Waals surface area contributed by atoms with Crippen LogP contribution in [0.3, 0.4) is 0 Å². The maximum atomic E-state index is 5.72. The molecule has 0 radical (unpaired) electrons. The number of nitrogens with zero attached hydrogens (tertiary/aromatic N) is 4. The quantitative estimate of drug-likeness (QED) is 0.366. The van der Waals surface area contributed by atoms with Crippen molar-refractivity contribution in [2.24, 2.45) is 4.99 Å². The molecule has 0 aliphatic carbocycles. The lowest BCUT2D eigenvalue weighted by Crippen LogP contribution is -2.38. The number of aliphatic imine (C=N–C) groups is 1. The number of benzene rings is 1. The highest BCUT2D eigenvalue weighted by Gasteiger charge is 2.14. The smallest absolute Gasteiger partial charge is 0.191 e. The fourth-order valence-electron chi connectivity index (χ4n) is 3.49. The van der Waals surface area contributed by atoms with Crippen molar-refractivity contribution >= 4 is 5.96 Å². The zero-order valence-corrected chi connectivity index (χ0v) is 17.6. The van der Waals surface area contributed by atoms with Gasteiger partial charge in [0.1, 0.15) is 17.4 Å². The van der Waals surface area contributed by atoms with E-state index in [1.165, 1.54) is 19.3 Å². The lowest BCUT2D eigenvalue weighted by molar-refractivity contribution is 0.313. The largest absolute Gasteiger partial charge is 0.494 e. The fourth-order valence-corrected chi connectivity index (χ4v) is 3.49. The van der Waals surface area contributed by atoms with Crippen molar-refractivity contribution < 1.29 is 4.74 Å². The van der Waals surface area contributed by atoms with Crippen LogP contribution in [-0.2, 0) is 19.4 Å². The van der Waals surface area contributed by atoms with E-state index in [9.17, 15) is 0 Å². The Balaban J connectivity index is 1.35. The summed E-state index contributed by atoms with van der Waals surface area (Å²) in [4.78, 5) is 4.64. The molecular formula is C22H34N6O. The van der Waals surface area contributed by atoms with Crippen LogP contribution in [0, 0.1) is 0 Å². The minimum atomic E-state index is 0.672. The lowest BCUT2D eigenvalue weighted by Gasteiger charge is -2.12. The van der Waals surface area contributed by atoms with Crippen molar-refractivity contribution in [3.8, 4) is 5.75 Å². The van der Waals surface area contributed by atoms with Gasteiger partial charge in [0.15, 0.2) is 5.96 Å². The SMILES string of the molecule is CCNC(=NCCCOc1ccccc1)NCCCc1nnc2n1CCCCC2. The van der Waals surface area contributed by atoms with Crippen molar-refractivity contribution in [3.63, 3.8) is 0 Å².